The van der Waals surface area contributed by atoms with Gasteiger partial charge in [-0.25, -0.2) is 0 Å². The van der Waals surface area contributed by atoms with Crippen LogP contribution < -0.4 is 24.0 Å². The van der Waals surface area contributed by atoms with Crippen molar-refractivity contribution in [1.82, 2.24) is 0 Å². The first-order valence-electron chi connectivity index (χ1n) is 7.44. The number of alkyl halides is 1. The van der Waals surface area contributed by atoms with Crippen molar-refractivity contribution in [1.29, 1.82) is 0 Å². The zero-order valence-electron chi connectivity index (χ0n) is 13.9. The average Bonchev–Trinajstić information content (AvgIpc) is 2.27. The van der Waals surface area contributed by atoms with Gasteiger partial charge in [0.25, 0.3) is 0 Å². The minimum atomic E-state index is 0. The molecule has 0 aromatic heterocycles. The molecule has 0 bridgehead atoms. The molecule has 0 aliphatic heterocycles. The maximum Gasteiger partial charge on any atom is 0.104 e. The molecule has 1 aliphatic rings. The van der Waals surface area contributed by atoms with Crippen LogP contribution in [0.15, 0.2) is 23.8 Å². The summed E-state index contributed by atoms with van der Waals surface area (Å²) in [5.74, 6) is 0.604. The van der Waals surface area contributed by atoms with E-state index in [9.17, 15) is 0 Å². The highest BCUT2D eigenvalue weighted by molar-refractivity contribution is 9.09. The van der Waals surface area contributed by atoms with Crippen molar-refractivity contribution in [2.24, 2.45) is 11.3 Å². The molecule has 0 aromatic rings. The fraction of sp³-hybridized carbons (Fsp3) is 0.765. The number of hydrogen-bond donors (Lipinski definition) is 0. The molecule has 0 N–H and O–H groups in total. The summed E-state index contributed by atoms with van der Waals surface area (Å²) in [7, 11) is 4.62. The highest BCUT2D eigenvalue weighted by Gasteiger charge is 2.31. The van der Waals surface area contributed by atoms with Crippen molar-refractivity contribution < 1.29 is 28.5 Å². The lowest BCUT2D eigenvalue weighted by Crippen LogP contribution is -3.00. The normalized spacial score (nSPS) is 24.1. The van der Waals surface area contributed by atoms with Crippen molar-refractivity contribution in [2.75, 3.05) is 26.0 Å². The molecule has 20 heavy (non-hydrogen) atoms. The maximum absolute atomic E-state index is 3.56. The molecule has 0 saturated carbocycles. The summed E-state index contributed by atoms with van der Waals surface area (Å²) in [6.07, 6.45) is 9.85. The summed E-state index contributed by atoms with van der Waals surface area (Å²) in [6.45, 7) is 10.6. The topological polar surface area (TPSA) is 0 Å². The molecule has 2 unspecified atom stereocenters. The zero-order chi connectivity index (χ0) is 14.7. The van der Waals surface area contributed by atoms with E-state index in [1.165, 1.54) is 12.8 Å². The van der Waals surface area contributed by atoms with Gasteiger partial charge < -0.3 is 28.5 Å². The lowest BCUT2D eigenvalue weighted by molar-refractivity contribution is -0.903. The molecule has 0 fully saturated rings. The first kappa shape index (κ1) is 20.6. The van der Waals surface area contributed by atoms with Crippen molar-refractivity contribution in [3.05, 3.63) is 23.8 Å². The van der Waals surface area contributed by atoms with Gasteiger partial charge in [-0.3, -0.25) is 0 Å². The molecule has 0 saturated heterocycles. The monoisotopic (exact) mass is 455 g/mol. The number of rotatable bonds is 5. The summed E-state index contributed by atoms with van der Waals surface area (Å²) in [4.78, 5) is 0. The van der Waals surface area contributed by atoms with Gasteiger partial charge in [-0.15, -0.1) is 0 Å². The Morgan fingerprint density at radius 2 is 2.05 bits per heavy atom. The summed E-state index contributed by atoms with van der Waals surface area (Å²) in [6, 6.07) is 0.558. The molecular formula is C17H31BrIN. The summed E-state index contributed by atoms with van der Waals surface area (Å²) in [5, 5.41) is 1.06. The standard InChI is InChI=1S/C17H31BrN.HI/c1-14-8-7-11-17(3,4)16(14)10-9-15(2)19(5,6)13-12-18;/h8-10,15-16H,7,11-13H2,1-6H3;1H/q+1;/p-1/b10-9+;. The van der Waals surface area contributed by atoms with Gasteiger partial charge in [0.15, 0.2) is 0 Å². The SMILES string of the molecule is CC1=CCCC(C)(C)C1/C=C/C(C)[N+](C)(C)CCBr.[I-]. The molecular weight excluding hydrogens is 425 g/mol. The third-order valence-corrected chi connectivity index (χ3v) is 5.29. The Kier molecular flexibility index (Phi) is 8.60. The van der Waals surface area contributed by atoms with Crippen LogP contribution in [0, 0.1) is 11.3 Å². The van der Waals surface area contributed by atoms with Gasteiger partial charge in [0, 0.05) is 5.92 Å². The molecule has 0 spiro atoms. The maximum atomic E-state index is 3.56. The van der Waals surface area contributed by atoms with Gasteiger partial charge in [0.2, 0.25) is 0 Å². The van der Waals surface area contributed by atoms with E-state index in [0.717, 1.165) is 16.4 Å². The van der Waals surface area contributed by atoms with E-state index in [4.69, 9.17) is 0 Å². The fourth-order valence-electron chi connectivity index (χ4n) is 2.91. The fourth-order valence-corrected chi connectivity index (χ4v) is 3.82. The third kappa shape index (κ3) is 5.45. The van der Waals surface area contributed by atoms with E-state index in [2.05, 4.69) is 75.9 Å². The molecule has 2 atom stereocenters. The van der Waals surface area contributed by atoms with E-state index in [1.807, 2.05) is 0 Å². The van der Waals surface area contributed by atoms with Gasteiger partial charge in [-0.05, 0) is 38.2 Å². The second-order valence-corrected chi connectivity index (χ2v) is 8.06. The lowest BCUT2D eigenvalue weighted by Gasteiger charge is -2.38. The largest absolute Gasteiger partial charge is 1.00 e. The molecule has 0 heterocycles. The molecule has 0 radical (unpaired) electrons. The number of hydrogen-bond acceptors (Lipinski definition) is 0. The van der Waals surface area contributed by atoms with E-state index >= 15 is 0 Å². The quantitative estimate of drug-likeness (QED) is 0.256. The Hall–Kier alpha value is 0.650. The third-order valence-electron chi connectivity index (χ3n) is 4.93. The first-order valence-corrected chi connectivity index (χ1v) is 8.56. The van der Waals surface area contributed by atoms with Crippen LogP contribution in [-0.2, 0) is 0 Å². The van der Waals surface area contributed by atoms with E-state index in [0.29, 0.717) is 17.4 Å². The van der Waals surface area contributed by atoms with Crippen LogP contribution in [0.2, 0.25) is 0 Å². The highest BCUT2D eigenvalue weighted by Crippen LogP contribution is 2.41. The van der Waals surface area contributed by atoms with Crippen LogP contribution in [0.5, 0.6) is 0 Å². The van der Waals surface area contributed by atoms with Crippen LogP contribution in [-0.4, -0.2) is 36.5 Å². The van der Waals surface area contributed by atoms with Gasteiger partial charge in [0.1, 0.15) is 6.04 Å². The predicted molar refractivity (Wildman–Crippen MR) is 89.6 cm³/mol. The summed E-state index contributed by atoms with van der Waals surface area (Å²) >= 11 is 3.56. The molecule has 1 nitrogen and oxygen atoms in total. The minimum absolute atomic E-state index is 0. The average molecular weight is 456 g/mol. The molecule has 0 aromatic carbocycles. The molecule has 1 aliphatic carbocycles. The second-order valence-electron chi connectivity index (χ2n) is 7.27. The predicted octanol–water partition coefficient (Wildman–Crippen LogP) is 1.79. The molecule has 1 rings (SSSR count). The molecule has 118 valence electrons. The molecule has 0 amide bonds. The van der Waals surface area contributed by atoms with Gasteiger partial charge in [0.05, 0.1) is 26.0 Å². The Morgan fingerprint density at radius 1 is 1.45 bits per heavy atom. The van der Waals surface area contributed by atoms with E-state index in [1.54, 1.807) is 5.57 Å². The van der Waals surface area contributed by atoms with Crippen molar-refractivity contribution >= 4 is 15.9 Å². The second kappa shape index (κ2) is 8.33. The van der Waals surface area contributed by atoms with Gasteiger partial charge in [-0.1, -0.05) is 47.5 Å². The Labute approximate surface area is 151 Å². The van der Waals surface area contributed by atoms with E-state index in [-0.39, 0.29) is 24.0 Å². The van der Waals surface area contributed by atoms with Crippen LogP contribution in [0.4, 0.5) is 0 Å². The minimum Gasteiger partial charge on any atom is -1.00 e. The van der Waals surface area contributed by atoms with Crippen LogP contribution >= 0.6 is 15.9 Å². The smallest absolute Gasteiger partial charge is 0.104 e. The number of likely N-dealkylation sites (N-methyl/N-ethyl adjacent to an activating group) is 1. The summed E-state index contributed by atoms with van der Waals surface area (Å²) in [5.41, 5.74) is 1.95. The zero-order valence-corrected chi connectivity index (χ0v) is 17.7. The number of halogens is 2. The lowest BCUT2D eigenvalue weighted by atomic mass is 9.68. The van der Waals surface area contributed by atoms with Crippen LogP contribution in [0.1, 0.15) is 40.5 Å². The number of quaternary nitrogens is 1. The van der Waals surface area contributed by atoms with Crippen LogP contribution in [0.25, 0.3) is 0 Å². The van der Waals surface area contributed by atoms with Crippen molar-refractivity contribution in [2.45, 2.75) is 46.6 Å². The van der Waals surface area contributed by atoms with Crippen molar-refractivity contribution in [3.63, 3.8) is 0 Å². The summed E-state index contributed by atoms with van der Waals surface area (Å²) < 4.78 is 1.04. The number of allylic oxidation sites excluding steroid dienone is 3. The first-order chi connectivity index (χ1) is 8.70. The Bertz CT molecular complexity index is 358. The van der Waals surface area contributed by atoms with E-state index < -0.39 is 0 Å². The van der Waals surface area contributed by atoms with Gasteiger partial charge in [-0.2, -0.15) is 0 Å². The van der Waals surface area contributed by atoms with Crippen LogP contribution in [0.3, 0.4) is 0 Å². The highest BCUT2D eigenvalue weighted by atomic mass is 127. The Morgan fingerprint density at radius 3 is 2.55 bits per heavy atom. The van der Waals surface area contributed by atoms with Crippen molar-refractivity contribution in [3.8, 4) is 0 Å². The molecule has 3 heteroatoms. The van der Waals surface area contributed by atoms with Gasteiger partial charge >= 0.3 is 0 Å². The number of nitrogens with zero attached hydrogens (tertiary/aromatic N) is 1. The Balaban J connectivity index is 0.00000361.